The molecule has 4 N–H and O–H groups in total. The molecule has 5 aliphatic heterocycles. The normalized spacial score (nSPS) is 18.7. The molecule has 7 aliphatic rings. The van der Waals surface area contributed by atoms with Crippen LogP contribution in [0.1, 0.15) is 162 Å². The van der Waals surface area contributed by atoms with Gasteiger partial charge in [-0.15, -0.1) is 0 Å². The lowest BCUT2D eigenvalue weighted by Gasteiger charge is -2.24. The van der Waals surface area contributed by atoms with E-state index in [0.717, 1.165) is 48.0 Å². The number of hydrogen-bond acceptors (Lipinski definition) is 24. The predicted octanol–water partition coefficient (Wildman–Crippen LogP) is 10.5. The van der Waals surface area contributed by atoms with Gasteiger partial charge in [0.05, 0.1) is 174 Å². The van der Waals surface area contributed by atoms with Gasteiger partial charge in [0.2, 0.25) is 30.4 Å². The molecule has 4 aromatic carbocycles. The van der Waals surface area contributed by atoms with Crippen LogP contribution in [-0.4, -0.2) is 240 Å². The van der Waals surface area contributed by atoms with Gasteiger partial charge >= 0.3 is 0 Å². The second kappa shape index (κ2) is 46.6. The molecular formula is C88H116N8O22. The highest BCUT2D eigenvalue weighted by Gasteiger charge is 2.44. The summed E-state index contributed by atoms with van der Waals surface area (Å²) < 4.78 is 79.4. The number of carbonyl (C=O) groups excluding carboxylic acids is 8. The number of nitrogens with zero attached hydrogens (tertiary/aromatic N) is 4. The van der Waals surface area contributed by atoms with E-state index >= 15 is 0 Å². The highest BCUT2D eigenvalue weighted by atomic mass is 16.7. The third-order valence-electron chi connectivity index (χ3n) is 21.8. The van der Waals surface area contributed by atoms with E-state index in [2.05, 4.69) is 21.3 Å². The molecule has 640 valence electrons. The molecule has 11 rings (SSSR count). The molecule has 6 atom stereocenters. The number of Topliss-reactive ketones (excluding diaryl/α,β-unsaturated/α-hetero) is 2. The number of ether oxygens (including phenoxy) is 14. The summed E-state index contributed by atoms with van der Waals surface area (Å²) in [6, 6.07) is 17.2. The maximum Gasteiger partial charge on any atom is 0.260 e. The number of fused-ring (bicyclic) bond motifs is 5. The molecule has 0 radical (unpaired) electrons. The Morgan fingerprint density at radius 3 is 1.53 bits per heavy atom. The van der Waals surface area contributed by atoms with Gasteiger partial charge in [0.15, 0.2) is 34.5 Å². The number of aliphatic imine (C=N–C) groups is 2. The summed E-state index contributed by atoms with van der Waals surface area (Å²) in [7, 11) is 3.02. The summed E-state index contributed by atoms with van der Waals surface area (Å²) in [6.45, 7) is 12.1. The van der Waals surface area contributed by atoms with Crippen molar-refractivity contribution in [3.8, 4) is 34.5 Å². The number of hydrogen-bond donors (Lipinski definition) is 4. The molecule has 2 fully saturated rings. The summed E-state index contributed by atoms with van der Waals surface area (Å²) in [6.07, 6.45) is 20.8. The third-order valence-corrected chi connectivity index (χ3v) is 21.8. The number of benzene rings is 4. The minimum Gasteiger partial charge on any atom is -0.493 e. The maximum atomic E-state index is 14.2. The summed E-state index contributed by atoms with van der Waals surface area (Å²) >= 11 is 0. The maximum absolute atomic E-state index is 14.2. The van der Waals surface area contributed by atoms with Crippen molar-refractivity contribution in [1.29, 1.82) is 0 Å². The number of carbonyl (C=O) groups is 8. The van der Waals surface area contributed by atoms with Crippen LogP contribution in [0.3, 0.4) is 0 Å². The molecule has 5 heterocycles. The fourth-order valence-corrected chi connectivity index (χ4v) is 15.3. The van der Waals surface area contributed by atoms with E-state index in [-0.39, 0.29) is 98.8 Å². The first-order valence-electron chi connectivity index (χ1n) is 41.7. The first kappa shape index (κ1) is 89.1. The minimum atomic E-state index is -0.944. The summed E-state index contributed by atoms with van der Waals surface area (Å²) in [5.74, 6) is 0.832. The van der Waals surface area contributed by atoms with Crippen molar-refractivity contribution in [1.82, 2.24) is 25.8 Å². The van der Waals surface area contributed by atoms with Crippen LogP contribution in [0.4, 0.5) is 17.1 Å². The first-order chi connectivity index (χ1) is 57.5. The highest BCUT2D eigenvalue weighted by molar-refractivity contribution is 6.10. The summed E-state index contributed by atoms with van der Waals surface area (Å²) in [5.41, 5.74) is 5.78. The van der Waals surface area contributed by atoms with Crippen LogP contribution in [-0.2, 0) is 66.7 Å². The standard InChI is InChI=1S/C88H116N8O22/c1-58(2)83(94-82(99)25-29-107-31-33-109-35-37-111-39-41-113-43-44-114-42-40-112-38-36-110-34-32-108-30-26-89-81(98)18-13-12-17-68-74(97)48-69(84(68)100)61-15-10-8-6-7-9-11-16-61)86(102)92-59(3)85(101)93-65-22-19-60(20-23-65)63-45-66-53-90-72-51-79(76(105-4)49-70(72)87(103)95(66)55-63)115-27-14-28-116-80-52-73-71(50-77(80)106-5)88(104)96-56-64(46-67(96)54-91-73)62-21-24-75-78(47-62)118-57-117-75/h19-24,47,49-56,58-59,61,66-69,83H,6-18,25-46,48,57H2,1-5H3,(H,89,98)(H,92,102)(H,93,101)(H,94,99)/t59-,66-,67-,68?,69?,83?/m0/s1. The van der Waals surface area contributed by atoms with Gasteiger partial charge in [0.1, 0.15) is 23.7 Å². The second-order valence-corrected chi connectivity index (χ2v) is 30.5. The molecule has 4 aromatic rings. The van der Waals surface area contributed by atoms with Gasteiger partial charge in [0, 0.05) is 93.6 Å². The molecular weight excluding hydrogens is 1520 g/mol. The SMILES string of the molecule is COc1cc2c(cc1OCCCOc1cc3c(cc1OC)C(=O)N1C=C(c4ccc5c(c4)OCO5)C[C@H]1C=N3)N=C[C@@H]1CC(c3ccc(NC(=O)[C@H](C)NC(=O)C(NC(=O)CCOCCOCCOCCOCCOCCOCCOCCOCCNC(=O)CCCCC4C(=O)CC(C5CCCCCCCC5)C4=O)C(C)C)cc3)=CN1C2=O. The number of amides is 6. The first-order valence-corrected chi connectivity index (χ1v) is 41.7. The molecule has 0 bridgehead atoms. The van der Waals surface area contributed by atoms with E-state index < -0.39 is 29.8 Å². The Morgan fingerprint density at radius 2 is 1.00 bits per heavy atom. The van der Waals surface area contributed by atoms with Gasteiger partial charge in [-0.1, -0.05) is 77.0 Å². The summed E-state index contributed by atoms with van der Waals surface area (Å²) in [5, 5.41) is 11.2. The second-order valence-electron chi connectivity index (χ2n) is 30.5. The van der Waals surface area contributed by atoms with Crippen LogP contribution in [0.2, 0.25) is 0 Å². The van der Waals surface area contributed by atoms with Gasteiger partial charge in [0.25, 0.3) is 11.8 Å². The number of anilines is 1. The van der Waals surface area contributed by atoms with Crippen LogP contribution in [0, 0.1) is 23.7 Å². The van der Waals surface area contributed by atoms with Gasteiger partial charge < -0.3 is 97.4 Å². The van der Waals surface area contributed by atoms with E-state index in [0.29, 0.717) is 219 Å². The van der Waals surface area contributed by atoms with Crippen molar-refractivity contribution in [2.24, 2.45) is 33.7 Å². The molecule has 2 aliphatic carbocycles. The van der Waals surface area contributed by atoms with E-state index in [1.165, 1.54) is 39.9 Å². The smallest absolute Gasteiger partial charge is 0.260 e. The number of ketones is 2. The average molecular weight is 1640 g/mol. The quantitative estimate of drug-likeness (QED) is 0.0236. The number of nitrogens with one attached hydrogen (secondary N) is 4. The van der Waals surface area contributed by atoms with Crippen LogP contribution in [0.15, 0.2) is 89.1 Å². The zero-order chi connectivity index (χ0) is 83.0. The topological polar surface area (TPSA) is 345 Å². The van der Waals surface area contributed by atoms with Crippen molar-refractivity contribution in [3.63, 3.8) is 0 Å². The Bertz CT molecular complexity index is 4160. The van der Waals surface area contributed by atoms with Crippen molar-refractivity contribution in [3.05, 3.63) is 101 Å². The van der Waals surface area contributed by atoms with Crippen molar-refractivity contribution >= 4 is 87.6 Å². The molecule has 3 unspecified atom stereocenters. The van der Waals surface area contributed by atoms with Gasteiger partial charge in [-0.05, 0) is 103 Å². The lowest BCUT2D eigenvalue weighted by atomic mass is 9.82. The van der Waals surface area contributed by atoms with E-state index in [9.17, 15) is 38.4 Å². The van der Waals surface area contributed by atoms with Crippen molar-refractivity contribution in [2.75, 3.05) is 152 Å². The van der Waals surface area contributed by atoms with Gasteiger partial charge in [-0.3, -0.25) is 48.3 Å². The molecule has 2 saturated carbocycles. The fraction of sp³-hybridized carbons (Fsp3) is 0.568. The van der Waals surface area contributed by atoms with Crippen molar-refractivity contribution in [2.45, 2.75) is 154 Å². The van der Waals surface area contributed by atoms with Crippen LogP contribution < -0.4 is 49.7 Å². The number of methoxy groups -OCH3 is 2. The molecule has 0 aromatic heterocycles. The molecule has 0 saturated heterocycles. The lowest BCUT2D eigenvalue weighted by molar-refractivity contribution is -0.132. The highest BCUT2D eigenvalue weighted by Crippen LogP contribution is 2.44. The fourth-order valence-electron chi connectivity index (χ4n) is 15.3. The van der Waals surface area contributed by atoms with Crippen molar-refractivity contribution < 1.29 is 105 Å². The Labute approximate surface area is 690 Å². The van der Waals surface area contributed by atoms with Gasteiger partial charge in [-0.25, -0.2) is 0 Å². The lowest BCUT2D eigenvalue weighted by Crippen LogP contribution is -2.53. The van der Waals surface area contributed by atoms with Crippen LogP contribution in [0.5, 0.6) is 34.5 Å². The monoisotopic (exact) mass is 1640 g/mol. The van der Waals surface area contributed by atoms with E-state index in [4.69, 9.17) is 76.3 Å². The van der Waals surface area contributed by atoms with Crippen LogP contribution >= 0.6 is 0 Å². The Hall–Kier alpha value is -9.66. The summed E-state index contributed by atoms with van der Waals surface area (Å²) in [4.78, 5) is 119. The zero-order valence-corrected chi connectivity index (χ0v) is 68.7. The predicted molar refractivity (Wildman–Crippen MR) is 440 cm³/mol. The molecule has 30 heteroatoms. The minimum absolute atomic E-state index is 0.0135. The Balaban J connectivity index is 0.472. The van der Waals surface area contributed by atoms with Gasteiger partial charge in [-0.2, -0.15) is 0 Å². The Kier molecular flexibility index (Phi) is 35.2. The molecule has 30 nitrogen and oxygen atoms in total. The molecule has 118 heavy (non-hydrogen) atoms. The van der Waals surface area contributed by atoms with E-state index in [1.807, 2.05) is 42.7 Å². The van der Waals surface area contributed by atoms with E-state index in [1.54, 1.807) is 79.4 Å². The third kappa shape index (κ3) is 25.9. The average Bonchev–Trinajstić information content (AvgIpc) is 1.62. The molecule has 6 amide bonds. The Morgan fingerprint density at radius 1 is 0.500 bits per heavy atom. The number of unbranched alkanes of at least 4 members (excludes halogenated alkanes) is 1. The molecule has 0 spiro atoms. The zero-order valence-electron chi connectivity index (χ0n) is 68.7. The largest absolute Gasteiger partial charge is 0.493 e. The number of rotatable bonds is 49. The van der Waals surface area contributed by atoms with Crippen LogP contribution in [0.25, 0.3) is 11.1 Å².